The van der Waals surface area contributed by atoms with Gasteiger partial charge in [0.1, 0.15) is 0 Å². The van der Waals surface area contributed by atoms with E-state index in [0.717, 1.165) is 36.4 Å². The third-order valence-electron chi connectivity index (χ3n) is 4.03. The fourth-order valence-corrected chi connectivity index (χ4v) is 2.54. The van der Waals surface area contributed by atoms with E-state index in [-0.39, 0.29) is 0 Å². The molecular formula is C22H38N2. The van der Waals surface area contributed by atoms with Gasteiger partial charge in [-0.1, -0.05) is 50.8 Å². The van der Waals surface area contributed by atoms with Crippen LogP contribution in [0.5, 0.6) is 0 Å². The van der Waals surface area contributed by atoms with Crippen LogP contribution in [-0.4, -0.2) is 30.6 Å². The Bertz CT molecular complexity index is 472. The molecule has 0 amide bonds. The van der Waals surface area contributed by atoms with E-state index in [1.165, 1.54) is 18.5 Å². The summed E-state index contributed by atoms with van der Waals surface area (Å²) in [7, 11) is 0. The summed E-state index contributed by atoms with van der Waals surface area (Å²) >= 11 is 0. The van der Waals surface area contributed by atoms with E-state index < -0.39 is 0 Å². The Kier molecular flexibility index (Phi) is 12.0. The molecule has 0 heterocycles. The second kappa shape index (κ2) is 12.8. The molecule has 24 heavy (non-hydrogen) atoms. The Morgan fingerprint density at radius 3 is 2.17 bits per heavy atom. The highest BCUT2D eigenvalue weighted by Gasteiger charge is 2.09. The average Bonchev–Trinajstić information content (AvgIpc) is 2.51. The lowest BCUT2D eigenvalue weighted by molar-refractivity contribution is 0.292. The van der Waals surface area contributed by atoms with Gasteiger partial charge in [0.05, 0.1) is 0 Å². The molecule has 1 N–H and O–H groups in total. The van der Waals surface area contributed by atoms with Crippen molar-refractivity contribution in [2.45, 2.75) is 60.4 Å². The highest BCUT2D eigenvalue weighted by atomic mass is 15.1. The number of nitrogens with one attached hydrogen (secondary N) is 1. The number of allylic oxidation sites excluding steroid dienone is 6. The fourth-order valence-electron chi connectivity index (χ4n) is 2.54. The molecule has 0 aromatic heterocycles. The molecule has 0 aliphatic heterocycles. The minimum absolute atomic E-state index is 0.418. The lowest BCUT2D eigenvalue weighted by atomic mass is 10.0. The SMILES string of the molecule is C=C/C=C(NC(C)CCCN(CC)CC)\C(=C\C=C(C)C)C(=C)C. The number of hydrogen-bond acceptors (Lipinski definition) is 2. The molecule has 0 rings (SSSR count). The van der Waals surface area contributed by atoms with Crippen LogP contribution in [0.15, 0.2) is 59.9 Å². The van der Waals surface area contributed by atoms with Crippen LogP contribution in [0.25, 0.3) is 0 Å². The summed E-state index contributed by atoms with van der Waals surface area (Å²) in [5.41, 5.74) is 4.58. The van der Waals surface area contributed by atoms with Gasteiger partial charge in [0.2, 0.25) is 0 Å². The van der Waals surface area contributed by atoms with E-state index in [4.69, 9.17) is 0 Å². The van der Waals surface area contributed by atoms with Gasteiger partial charge < -0.3 is 10.2 Å². The molecule has 2 heteroatoms. The predicted molar refractivity (Wildman–Crippen MR) is 110 cm³/mol. The van der Waals surface area contributed by atoms with Crippen LogP contribution >= 0.6 is 0 Å². The van der Waals surface area contributed by atoms with Crippen LogP contribution in [0.1, 0.15) is 54.4 Å². The summed E-state index contributed by atoms with van der Waals surface area (Å²) in [6.45, 7) is 24.4. The highest BCUT2D eigenvalue weighted by Crippen LogP contribution is 2.18. The van der Waals surface area contributed by atoms with Gasteiger partial charge in [0, 0.05) is 11.7 Å². The first-order chi connectivity index (χ1) is 11.3. The third-order valence-corrected chi connectivity index (χ3v) is 4.03. The summed E-state index contributed by atoms with van der Waals surface area (Å²) in [6, 6.07) is 0.418. The topological polar surface area (TPSA) is 15.3 Å². The summed E-state index contributed by atoms with van der Waals surface area (Å²) in [6.07, 6.45) is 10.5. The van der Waals surface area contributed by atoms with Crippen LogP contribution in [-0.2, 0) is 0 Å². The van der Waals surface area contributed by atoms with Crippen molar-refractivity contribution in [3.05, 3.63) is 59.9 Å². The molecule has 0 aliphatic carbocycles. The summed E-state index contributed by atoms with van der Waals surface area (Å²) in [5, 5.41) is 3.65. The van der Waals surface area contributed by atoms with Crippen molar-refractivity contribution in [2.24, 2.45) is 0 Å². The highest BCUT2D eigenvalue weighted by molar-refractivity contribution is 5.47. The van der Waals surface area contributed by atoms with E-state index >= 15 is 0 Å². The monoisotopic (exact) mass is 330 g/mol. The molecule has 0 aromatic carbocycles. The quantitative estimate of drug-likeness (QED) is 0.467. The molecule has 2 nitrogen and oxygen atoms in total. The lowest BCUT2D eigenvalue weighted by Crippen LogP contribution is -2.29. The molecule has 0 saturated carbocycles. The molecule has 0 fully saturated rings. The zero-order valence-corrected chi connectivity index (χ0v) is 16.8. The standard InChI is InChI=1S/C22H38N2/c1-9-13-22(21(19(6)7)16-15-18(4)5)23-20(8)14-12-17-24(10-2)11-3/h9,13,15-16,20,23H,1,6,10-12,14,17H2,2-5,7-8H3/b21-16+,22-13+. The molecular weight excluding hydrogens is 292 g/mol. The van der Waals surface area contributed by atoms with Crippen molar-refractivity contribution in [2.75, 3.05) is 19.6 Å². The molecule has 0 saturated heterocycles. The van der Waals surface area contributed by atoms with Crippen molar-refractivity contribution in [3.63, 3.8) is 0 Å². The number of hydrogen-bond donors (Lipinski definition) is 1. The minimum Gasteiger partial charge on any atom is -0.382 e. The first-order valence-corrected chi connectivity index (χ1v) is 9.18. The van der Waals surface area contributed by atoms with Gasteiger partial charge in [-0.3, -0.25) is 0 Å². The van der Waals surface area contributed by atoms with Gasteiger partial charge in [-0.15, -0.1) is 0 Å². The van der Waals surface area contributed by atoms with Gasteiger partial charge in [-0.05, 0) is 77.4 Å². The molecule has 136 valence electrons. The van der Waals surface area contributed by atoms with E-state index in [9.17, 15) is 0 Å². The summed E-state index contributed by atoms with van der Waals surface area (Å²) in [5.74, 6) is 0. The zero-order valence-electron chi connectivity index (χ0n) is 16.8. The van der Waals surface area contributed by atoms with Gasteiger partial charge >= 0.3 is 0 Å². The molecule has 0 radical (unpaired) electrons. The minimum atomic E-state index is 0.418. The smallest absolute Gasteiger partial charge is 0.0418 e. The fraction of sp³-hybridized carbons (Fsp3) is 0.545. The maximum atomic E-state index is 4.13. The van der Waals surface area contributed by atoms with E-state index in [0.29, 0.717) is 6.04 Å². The van der Waals surface area contributed by atoms with E-state index in [1.807, 2.05) is 19.1 Å². The van der Waals surface area contributed by atoms with Gasteiger partial charge in [-0.2, -0.15) is 0 Å². The molecule has 1 atom stereocenters. The number of nitrogens with zero attached hydrogens (tertiary/aromatic N) is 1. The lowest BCUT2D eigenvalue weighted by Gasteiger charge is -2.22. The van der Waals surface area contributed by atoms with Crippen LogP contribution in [0, 0.1) is 0 Å². The Morgan fingerprint density at radius 2 is 1.71 bits per heavy atom. The van der Waals surface area contributed by atoms with Crippen LogP contribution in [0.4, 0.5) is 0 Å². The maximum absolute atomic E-state index is 4.13. The zero-order chi connectivity index (χ0) is 18.5. The van der Waals surface area contributed by atoms with Crippen molar-refractivity contribution in [1.29, 1.82) is 0 Å². The van der Waals surface area contributed by atoms with Crippen LogP contribution in [0.3, 0.4) is 0 Å². The average molecular weight is 331 g/mol. The van der Waals surface area contributed by atoms with Gasteiger partial charge in [0.15, 0.2) is 0 Å². The van der Waals surface area contributed by atoms with E-state index in [2.05, 4.69) is 70.1 Å². The maximum Gasteiger partial charge on any atom is 0.0418 e. The summed E-state index contributed by atoms with van der Waals surface area (Å²) in [4.78, 5) is 2.47. The van der Waals surface area contributed by atoms with Crippen molar-refractivity contribution < 1.29 is 0 Å². The molecule has 0 aromatic rings. The Morgan fingerprint density at radius 1 is 1.08 bits per heavy atom. The normalized spacial score (nSPS) is 13.6. The van der Waals surface area contributed by atoms with Crippen LogP contribution < -0.4 is 5.32 Å². The predicted octanol–water partition coefficient (Wildman–Crippen LogP) is 5.63. The third kappa shape index (κ3) is 9.57. The van der Waals surface area contributed by atoms with Crippen molar-refractivity contribution in [1.82, 2.24) is 10.2 Å². The van der Waals surface area contributed by atoms with Crippen molar-refractivity contribution >= 4 is 0 Å². The Labute approximate surface area is 150 Å². The second-order valence-electron chi connectivity index (χ2n) is 6.64. The van der Waals surface area contributed by atoms with Crippen LogP contribution in [0.2, 0.25) is 0 Å². The summed E-state index contributed by atoms with van der Waals surface area (Å²) < 4.78 is 0. The largest absolute Gasteiger partial charge is 0.382 e. The first kappa shape index (κ1) is 22.5. The molecule has 1 unspecified atom stereocenters. The molecule has 0 spiro atoms. The number of rotatable bonds is 12. The van der Waals surface area contributed by atoms with Gasteiger partial charge in [-0.25, -0.2) is 0 Å². The Hall–Kier alpha value is -1.54. The van der Waals surface area contributed by atoms with Crippen molar-refractivity contribution in [3.8, 4) is 0 Å². The first-order valence-electron chi connectivity index (χ1n) is 9.18. The molecule has 0 bridgehead atoms. The van der Waals surface area contributed by atoms with Gasteiger partial charge in [0.25, 0.3) is 0 Å². The second-order valence-corrected chi connectivity index (χ2v) is 6.64. The Balaban J connectivity index is 4.91. The van der Waals surface area contributed by atoms with E-state index in [1.54, 1.807) is 0 Å². The molecule has 0 aliphatic rings.